The quantitative estimate of drug-likeness (QED) is 0.133. The Morgan fingerprint density at radius 2 is 0.838 bits per heavy atom. The Hall–Kier alpha value is -10.4. The number of benzene rings is 11. The van der Waals surface area contributed by atoms with E-state index in [2.05, 4.69) is 327 Å². The predicted molar refractivity (Wildman–Crippen MR) is 332 cm³/mol. The van der Waals surface area contributed by atoms with E-state index in [1.165, 1.54) is 16.4 Å². The summed E-state index contributed by atoms with van der Waals surface area (Å²) in [4.78, 5) is 9.69. The molecule has 0 amide bonds. The van der Waals surface area contributed by atoms with Crippen molar-refractivity contribution in [3.8, 4) is 11.5 Å². The number of hydrogen-bond donors (Lipinski definition) is 0. The van der Waals surface area contributed by atoms with Crippen molar-refractivity contribution in [2.75, 3.05) is 24.6 Å². The average molecular weight is 1020 g/mol. The molecule has 11 aromatic rings. The van der Waals surface area contributed by atoms with E-state index in [9.17, 15) is 0 Å². The number of hydrogen-bond acceptors (Lipinski definition) is 7. The van der Waals surface area contributed by atoms with Gasteiger partial charge in [0, 0.05) is 75.2 Å². The summed E-state index contributed by atoms with van der Waals surface area (Å²) < 4.78 is 7.66. The van der Waals surface area contributed by atoms with Crippen LogP contribution in [0.2, 0.25) is 0 Å². The van der Waals surface area contributed by atoms with E-state index in [0.717, 1.165) is 102 Å². The highest BCUT2D eigenvalue weighted by atomic mass is 16.5. The molecule has 5 heterocycles. The van der Waals surface area contributed by atoms with Gasteiger partial charge in [-0.1, -0.05) is 170 Å². The maximum Gasteiger partial charge on any atom is 0.256 e. The Bertz CT molecular complexity index is 4130. The van der Waals surface area contributed by atoms with Gasteiger partial charge in [-0.3, -0.25) is 10.0 Å². The molecule has 0 spiro atoms. The Kier molecular flexibility index (Phi) is 10.7. The number of ether oxygens (including phenoxy) is 1. The number of nitrogens with zero attached hydrogens (tertiary/aromatic N) is 6. The number of allylic oxidation sites excluding steroid dienone is 1. The van der Waals surface area contributed by atoms with Gasteiger partial charge in [0.05, 0.1) is 28.7 Å². The first-order chi connectivity index (χ1) is 39.7. The maximum absolute atomic E-state index is 7.66. The molecule has 1 unspecified atom stereocenters. The number of anilines is 12. The zero-order chi connectivity index (χ0) is 52.7. The Morgan fingerprint density at radius 1 is 0.350 bits per heavy atom. The van der Waals surface area contributed by atoms with Crippen molar-refractivity contribution in [3.05, 3.63) is 309 Å². The summed E-state index contributed by atoms with van der Waals surface area (Å²) in [5.74, 6) is 1.50. The van der Waals surface area contributed by atoms with Crippen LogP contribution in [-0.4, -0.2) is 24.4 Å². The standard InChI is InChI=1S/C71H50B2N6O/c1-8-26-50(27-9-1)75(51-28-10-2-11-29-51)57-44-66-70-69(46-57)80-68-48-65-61(47-62(68)72(70)59-40-22-24-42-63(59)77(66)54-34-16-5-17-35-54)73-60-41-23-25-43-64(60)79(56-38-20-7-21-39-56)74-49-58(45-67(71(73)74)78(65)55-36-18-6-19-37-55)76(52-30-12-3-13-31-52)53-32-14-4-15-33-53/h1-49,71H. The van der Waals surface area contributed by atoms with Crippen LogP contribution in [0.15, 0.2) is 309 Å². The average Bonchev–Trinajstić information content (AvgIpc) is 3.63. The summed E-state index contributed by atoms with van der Waals surface area (Å²) in [6.07, 6.45) is 4.82. The molecule has 0 N–H and O–H groups in total. The zero-order valence-electron chi connectivity index (χ0n) is 43.6. The Labute approximate surface area is 467 Å². The third kappa shape index (κ3) is 7.24. The summed E-state index contributed by atoms with van der Waals surface area (Å²) in [6, 6.07) is 103. The molecule has 5 aliphatic rings. The minimum absolute atomic E-state index is 0.0921. The van der Waals surface area contributed by atoms with E-state index in [-0.39, 0.29) is 19.4 Å². The van der Waals surface area contributed by atoms with Gasteiger partial charge in [0.1, 0.15) is 11.5 Å². The van der Waals surface area contributed by atoms with E-state index in [1.54, 1.807) is 0 Å². The lowest BCUT2D eigenvalue weighted by molar-refractivity contribution is 0.361. The van der Waals surface area contributed by atoms with Gasteiger partial charge in [0.25, 0.3) is 6.71 Å². The molecule has 0 saturated carbocycles. The fourth-order valence-electron chi connectivity index (χ4n) is 13.2. The fourth-order valence-corrected chi connectivity index (χ4v) is 13.2. The monoisotopic (exact) mass is 1020 g/mol. The SMILES string of the molecule is C1=C(N(c2ccccc2)c2ccccc2)C=C2C3B(c4cc5c(cc4N2c2ccccc2)Oc2cc(N(c4ccccc4)c4ccccc4)cc4c2B5c2ccccc2N4c2ccccc2)c2ccccc2N(c2ccccc2)N13. The molecule has 0 radical (unpaired) electrons. The number of hydrazine groups is 1. The van der Waals surface area contributed by atoms with E-state index < -0.39 is 0 Å². The van der Waals surface area contributed by atoms with Crippen molar-refractivity contribution in [3.63, 3.8) is 0 Å². The van der Waals surface area contributed by atoms with E-state index in [0.29, 0.717) is 0 Å². The van der Waals surface area contributed by atoms with Crippen LogP contribution >= 0.6 is 0 Å². The predicted octanol–water partition coefficient (Wildman–Crippen LogP) is 14.2. The molecule has 0 aromatic heterocycles. The minimum atomic E-state index is -0.169. The van der Waals surface area contributed by atoms with Crippen LogP contribution in [0, 0.1) is 0 Å². The van der Waals surface area contributed by atoms with Gasteiger partial charge in [-0.15, -0.1) is 0 Å². The third-order valence-electron chi connectivity index (χ3n) is 16.4. The zero-order valence-corrected chi connectivity index (χ0v) is 43.6. The van der Waals surface area contributed by atoms with Crippen LogP contribution in [-0.2, 0) is 0 Å². The van der Waals surface area contributed by atoms with Gasteiger partial charge in [0.2, 0.25) is 6.71 Å². The number of para-hydroxylation sites is 9. The molecule has 0 saturated heterocycles. The number of fused-ring (bicyclic) bond motifs is 8. The first-order valence-electron chi connectivity index (χ1n) is 27.5. The second-order valence-electron chi connectivity index (χ2n) is 20.9. The maximum atomic E-state index is 7.66. The molecule has 0 aliphatic carbocycles. The highest BCUT2D eigenvalue weighted by Gasteiger charge is 2.53. The summed E-state index contributed by atoms with van der Waals surface area (Å²) in [6.45, 7) is -0.243. The first kappa shape index (κ1) is 45.8. The van der Waals surface area contributed by atoms with Gasteiger partial charge >= 0.3 is 0 Å². The van der Waals surface area contributed by atoms with Gasteiger partial charge < -0.3 is 24.3 Å². The first-order valence-corrected chi connectivity index (χ1v) is 27.5. The van der Waals surface area contributed by atoms with Gasteiger partial charge in [0.15, 0.2) is 0 Å². The van der Waals surface area contributed by atoms with Crippen LogP contribution in [0.5, 0.6) is 11.5 Å². The molecule has 7 nitrogen and oxygen atoms in total. The topological polar surface area (TPSA) is 28.7 Å². The minimum Gasteiger partial charge on any atom is -0.458 e. The van der Waals surface area contributed by atoms with Crippen molar-refractivity contribution in [1.82, 2.24) is 5.01 Å². The molecule has 16 rings (SSSR count). The molecule has 0 fully saturated rings. The van der Waals surface area contributed by atoms with E-state index >= 15 is 0 Å². The molecular formula is C71H50B2N6O. The lowest BCUT2D eigenvalue weighted by Gasteiger charge is -2.55. The highest BCUT2D eigenvalue weighted by molar-refractivity contribution is 7.00. The molecule has 1 atom stereocenters. The van der Waals surface area contributed by atoms with Gasteiger partial charge in [-0.05, 0) is 137 Å². The highest BCUT2D eigenvalue weighted by Crippen LogP contribution is 2.50. The molecule has 9 heteroatoms. The van der Waals surface area contributed by atoms with Crippen molar-refractivity contribution >= 4 is 109 Å². The summed E-state index contributed by atoms with van der Waals surface area (Å²) in [5.41, 5.74) is 21.2. The lowest BCUT2D eigenvalue weighted by Crippen LogP contribution is -2.71. The van der Waals surface area contributed by atoms with E-state index in [1.807, 2.05) is 0 Å². The van der Waals surface area contributed by atoms with Crippen LogP contribution in [0.1, 0.15) is 0 Å². The van der Waals surface area contributed by atoms with Crippen molar-refractivity contribution in [2.45, 2.75) is 5.94 Å². The second-order valence-corrected chi connectivity index (χ2v) is 20.9. The van der Waals surface area contributed by atoms with Gasteiger partial charge in [-0.25, -0.2) is 0 Å². The molecular weight excluding hydrogens is 974 g/mol. The normalized spacial score (nSPS) is 15.0. The number of rotatable bonds is 9. The second kappa shape index (κ2) is 18.7. The smallest absolute Gasteiger partial charge is 0.256 e. The third-order valence-corrected chi connectivity index (χ3v) is 16.4. The van der Waals surface area contributed by atoms with Crippen LogP contribution in [0.25, 0.3) is 0 Å². The van der Waals surface area contributed by atoms with Crippen LogP contribution in [0.3, 0.4) is 0 Å². The molecule has 376 valence electrons. The molecule has 5 aliphatic heterocycles. The summed E-state index contributed by atoms with van der Waals surface area (Å²) in [7, 11) is 0. The van der Waals surface area contributed by atoms with Crippen molar-refractivity contribution < 1.29 is 4.74 Å². The Balaban J connectivity index is 0.971. The van der Waals surface area contributed by atoms with E-state index in [4.69, 9.17) is 4.74 Å². The van der Waals surface area contributed by atoms with Crippen molar-refractivity contribution in [1.29, 1.82) is 0 Å². The van der Waals surface area contributed by atoms with Crippen LogP contribution < -0.4 is 56.7 Å². The fraction of sp³-hybridized carbons (Fsp3) is 0.0141. The van der Waals surface area contributed by atoms with Gasteiger partial charge in [-0.2, -0.15) is 0 Å². The van der Waals surface area contributed by atoms with Crippen molar-refractivity contribution in [2.24, 2.45) is 0 Å². The molecule has 0 bridgehead atoms. The summed E-state index contributed by atoms with van der Waals surface area (Å²) in [5, 5.41) is 4.96. The summed E-state index contributed by atoms with van der Waals surface area (Å²) >= 11 is 0. The van der Waals surface area contributed by atoms with Crippen LogP contribution in [0.4, 0.5) is 68.2 Å². The Morgan fingerprint density at radius 3 is 1.43 bits per heavy atom. The lowest BCUT2D eigenvalue weighted by atomic mass is 9.30. The molecule has 11 aromatic carbocycles. The molecule has 80 heavy (non-hydrogen) atoms. The largest absolute Gasteiger partial charge is 0.458 e.